The van der Waals surface area contributed by atoms with Crippen molar-refractivity contribution in [1.29, 1.82) is 0 Å². The zero-order chi connectivity index (χ0) is 16.9. The maximum atomic E-state index is 12.3. The van der Waals surface area contributed by atoms with Crippen LogP contribution in [-0.2, 0) is 0 Å². The Morgan fingerprint density at radius 2 is 1.79 bits per heavy atom. The lowest BCUT2D eigenvalue weighted by atomic mass is 10.2. The number of aryl methyl sites for hydroxylation is 1. The predicted octanol–water partition coefficient (Wildman–Crippen LogP) is 2.78. The molecule has 0 spiro atoms. The molecule has 0 bridgehead atoms. The van der Waals surface area contributed by atoms with Gasteiger partial charge in [0.25, 0.3) is 5.91 Å². The number of rotatable bonds is 4. The Kier molecular flexibility index (Phi) is 5.11. The Balaban J connectivity index is 1.61. The van der Waals surface area contributed by atoms with Gasteiger partial charge in [0.05, 0.1) is 11.9 Å². The summed E-state index contributed by atoms with van der Waals surface area (Å²) in [5.74, 6) is -0.179. The number of likely N-dealkylation sites (N-methyl/N-ethyl adjacent to an activating group) is 1. The molecule has 0 aliphatic carbocycles. The van der Waals surface area contributed by atoms with Crippen LogP contribution in [0.2, 0.25) is 0 Å². The Labute approximate surface area is 143 Å². The number of aromatic nitrogens is 1. The average molecular weight is 324 g/mol. The van der Waals surface area contributed by atoms with E-state index in [1.54, 1.807) is 12.3 Å². The maximum Gasteiger partial charge on any atom is 0.274 e. The van der Waals surface area contributed by atoms with Crippen molar-refractivity contribution in [3.05, 3.63) is 53.9 Å². The molecule has 1 aliphatic rings. The molecule has 1 aromatic carbocycles. The summed E-state index contributed by atoms with van der Waals surface area (Å²) in [4.78, 5) is 21.4. The number of nitrogens with zero attached hydrogens (tertiary/aromatic N) is 3. The molecule has 24 heavy (non-hydrogen) atoms. The van der Waals surface area contributed by atoms with E-state index in [2.05, 4.69) is 27.0 Å². The number of carbonyl (C=O) groups is 1. The summed E-state index contributed by atoms with van der Waals surface area (Å²) in [5, 5.41) is 2.88. The first-order valence-corrected chi connectivity index (χ1v) is 8.47. The van der Waals surface area contributed by atoms with E-state index >= 15 is 0 Å². The second-order valence-corrected chi connectivity index (χ2v) is 6.14. The number of amides is 1. The zero-order valence-corrected chi connectivity index (χ0v) is 14.3. The molecule has 1 aliphatic heterocycles. The first-order chi connectivity index (χ1) is 11.7. The standard InChI is InChI=1S/C19H24N4O/c1-3-22-10-12-23(13-11-22)17-8-9-18(20-14-17)19(24)21-16-6-4-15(2)5-7-16/h4-9,14H,3,10-13H2,1-2H3,(H,21,24). The molecule has 1 saturated heterocycles. The number of hydrogen-bond acceptors (Lipinski definition) is 4. The Hall–Kier alpha value is -2.40. The molecule has 2 heterocycles. The fraction of sp³-hybridized carbons (Fsp3) is 0.368. The SMILES string of the molecule is CCN1CCN(c2ccc(C(=O)Nc3ccc(C)cc3)nc2)CC1. The molecule has 3 rings (SSSR count). The second kappa shape index (κ2) is 7.45. The minimum absolute atomic E-state index is 0.179. The van der Waals surface area contributed by atoms with Crippen molar-refractivity contribution in [1.82, 2.24) is 9.88 Å². The number of carbonyl (C=O) groups excluding carboxylic acids is 1. The van der Waals surface area contributed by atoms with Crippen molar-refractivity contribution in [2.24, 2.45) is 0 Å². The normalized spacial score (nSPS) is 15.3. The van der Waals surface area contributed by atoms with Crippen LogP contribution in [0, 0.1) is 6.92 Å². The Bertz CT molecular complexity index is 674. The number of pyridine rings is 1. The molecular formula is C19H24N4O. The van der Waals surface area contributed by atoms with Crippen molar-refractivity contribution >= 4 is 17.3 Å². The number of anilines is 2. The van der Waals surface area contributed by atoms with Gasteiger partial charge in [-0.05, 0) is 37.7 Å². The average Bonchev–Trinajstić information content (AvgIpc) is 2.64. The van der Waals surface area contributed by atoms with Gasteiger partial charge in [-0.15, -0.1) is 0 Å². The Morgan fingerprint density at radius 3 is 2.38 bits per heavy atom. The van der Waals surface area contributed by atoms with Crippen molar-refractivity contribution < 1.29 is 4.79 Å². The smallest absolute Gasteiger partial charge is 0.274 e. The van der Waals surface area contributed by atoms with E-state index in [-0.39, 0.29) is 5.91 Å². The molecule has 0 atom stereocenters. The van der Waals surface area contributed by atoms with Gasteiger partial charge in [0, 0.05) is 31.9 Å². The summed E-state index contributed by atoms with van der Waals surface area (Å²) in [6.45, 7) is 9.47. The molecule has 2 aromatic rings. The van der Waals surface area contributed by atoms with Crippen LogP contribution in [-0.4, -0.2) is 48.5 Å². The summed E-state index contributed by atoms with van der Waals surface area (Å²) < 4.78 is 0. The van der Waals surface area contributed by atoms with Gasteiger partial charge in [0.1, 0.15) is 5.69 Å². The van der Waals surface area contributed by atoms with Crippen LogP contribution < -0.4 is 10.2 Å². The van der Waals surface area contributed by atoms with Crippen LogP contribution in [0.4, 0.5) is 11.4 Å². The van der Waals surface area contributed by atoms with Crippen molar-refractivity contribution in [2.45, 2.75) is 13.8 Å². The van der Waals surface area contributed by atoms with E-state index in [1.165, 1.54) is 5.56 Å². The molecule has 126 valence electrons. The Morgan fingerprint density at radius 1 is 1.08 bits per heavy atom. The molecule has 1 fully saturated rings. The van der Waals surface area contributed by atoms with E-state index in [9.17, 15) is 4.79 Å². The van der Waals surface area contributed by atoms with Crippen molar-refractivity contribution in [2.75, 3.05) is 42.9 Å². The van der Waals surface area contributed by atoms with Gasteiger partial charge < -0.3 is 15.1 Å². The quantitative estimate of drug-likeness (QED) is 0.939. The van der Waals surface area contributed by atoms with Crippen LogP contribution in [0.3, 0.4) is 0 Å². The highest BCUT2D eigenvalue weighted by Gasteiger charge is 2.16. The molecule has 0 saturated carbocycles. The minimum Gasteiger partial charge on any atom is -0.368 e. The fourth-order valence-corrected chi connectivity index (χ4v) is 2.86. The predicted molar refractivity (Wildman–Crippen MR) is 97.7 cm³/mol. The highest BCUT2D eigenvalue weighted by molar-refractivity contribution is 6.02. The zero-order valence-electron chi connectivity index (χ0n) is 14.3. The monoisotopic (exact) mass is 324 g/mol. The minimum atomic E-state index is -0.179. The molecular weight excluding hydrogens is 300 g/mol. The number of benzene rings is 1. The van der Waals surface area contributed by atoms with E-state index in [0.29, 0.717) is 5.69 Å². The highest BCUT2D eigenvalue weighted by atomic mass is 16.1. The van der Waals surface area contributed by atoms with Crippen LogP contribution >= 0.6 is 0 Å². The third-order valence-corrected chi connectivity index (χ3v) is 4.47. The van der Waals surface area contributed by atoms with E-state index in [4.69, 9.17) is 0 Å². The van der Waals surface area contributed by atoms with E-state index in [1.807, 2.05) is 37.3 Å². The summed E-state index contributed by atoms with van der Waals surface area (Å²) in [6, 6.07) is 11.5. The van der Waals surface area contributed by atoms with Gasteiger partial charge >= 0.3 is 0 Å². The first-order valence-electron chi connectivity index (χ1n) is 8.47. The first kappa shape index (κ1) is 16.5. The van der Waals surface area contributed by atoms with E-state index in [0.717, 1.165) is 44.1 Å². The van der Waals surface area contributed by atoms with Crippen molar-refractivity contribution in [3.8, 4) is 0 Å². The second-order valence-electron chi connectivity index (χ2n) is 6.14. The van der Waals surface area contributed by atoms with E-state index < -0.39 is 0 Å². The summed E-state index contributed by atoms with van der Waals surface area (Å²) in [5.41, 5.74) is 3.47. The summed E-state index contributed by atoms with van der Waals surface area (Å²) in [6.07, 6.45) is 1.80. The molecule has 1 N–H and O–H groups in total. The van der Waals surface area contributed by atoms with Gasteiger partial charge in [-0.25, -0.2) is 4.98 Å². The van der Waals surface area contributed by atoms with Gasteiger partial charge in [-0.3, -0.25) is 4.79 Å². The number of piperazine rings is 1. The molecule has 1 amide bonds. The highest BCUT2D eigenvalue weighted by Crippen LogP contribution is 2.16. The third kappa shape index (κ3) is 3.92. The van der Waals surface area contributed by atoms with Gasteiger partial charge in [0.15, 0.2) is 0 Å². The van der Waals surface area contributed by atoms with Crippen LogP contribution in [0.1, 0.15) is 23.0 Å². The lowest BCUT2D eigenvalue weighted by Gasteiger charge is -2.35. The lowest BCUT2D eigenvalue weighted by molar-refractivity contribution is 0.102. The molecule has 5 heteroatoms. The van der Waals surface area contributed by atoms with Gasteiger partial charge in [0.2, 0.25) is 0 Å². The number of nitrogens with one attached hydrogen (secondary N) is 1. The van der Waals surface area contributed by atoms with Gasteiger partial charge in [-0.1, -0.05) is 24.6 Å². The lowest BCUT2D eigenvalue weighted by Crippen LogP contribution is -2.46. The number of hydrogen-bond donors (Lipinski definition) is 1. The van der Waals surface area contributed by atoms with Gasteiger partial charge in [-0.2, -0.15) is 0 Å². The maximum absolute atomic E-state index is 12.3. The van der Waals surface area contributed by atoms with Crippen LogP contribution in [0.5, 0.6) is 0 Å². The summed E-state index contributed by atoms with van der Waals surface area (Å²) >= 11 is 0. The third-order valence-electron chi connectivity index (χ3n) is 4.47. The van der Waals surface area contributed by atoms with Crippen molar-refractivity contribution in [3.63, 3.8) is 0 Å². The fourth-order valence-electron chi connectivity index (χ4n) is 2.86. The molecule has 1 aromatic heterocycles. The molecule has 5 nitrogen and oxygen atoms in total. The molecule has 0 unspecified atom stereocenters. The largest absolute Gasteiger partial charge is 0.368 e. The molecule has 0 radical (unpaired) electrons. The van der Waals surface area contributed by atoms with Crippen LogP contribution in [0.15, 0.2) is 42.6 Å². The van der Waals surface area contributed by atoms with Crippen LogP contribution in [0.25, 0.3) is 0 Å². The topological polar surface area (TPSA) is 48.5 Å². The summed E-state index contributed by atoms with van der Waals surface area (Å²) in [7, 11) is 0.